The van der Waals surface area contributed by atoms with Gasteiger partial charge >= 0.3 is 0 Å². The molecule has 7 heteroatoms. The Labute approximate surface area is 176 Å². The van der Waals surface area contributed by atoms with Gasteiger partial charge in [-0.15, -0.1) is 0 Å². The number of rotatable bonds is 3. The number of amides is 2. The first-order chi connectivity index (χ1) is 14.5. The highest BCUT2D eigenvalue weighted by Gasteiger charge is 2.31. The molecule has 3 heterocycles. The number of nitrogens with zero attached hydrogens (tertiary/aromatic N) is 2. The molecule has 1 unspecified atom stereocenters. The Morgan fingerprint density at radius 2 is 1.70 bits per heavy atom. The Kier molecular flexibility index (Phi) is 6.11. The summed E-state index contributed by atoms with van der Waals surface area (Å²) in [6.07, 6.45) is 1.96. The minimum Gasteiger partial charge on any atom is -0.464 e. The molecule has 162 valence electrons. The number of carbonyl (C=O) groups is 2. The quantitative estimate of drug-likeness (QED) is 0.770. The lowest BCUT2D eigenvalue weighted by atomic mass is 9.98. The molecular weight excluding hydrogens is 384 g/mol. The van der Waals surface area contributed by atoms with E-state index in [-0.39, 0.29) is 24.2 Å². The Bertz CT molecular complexity index is 945. The molecule has 2 amide bonds. The van der Waals surface area contributed by atoms with Gasteiger partial charge in [-0.3, -0.25) is 9.59 Å². The summed E-state index contributed by atoms with van der Waals surface area (Å²) in [6.45, 7) is 10.2. The van der Waals surface area contributed by atoms with Gasteiger partial charge in [0.15, 0.2) is 0 Å². The third-order valence-corrected chi connectivity index (χ3v) is 6.26. The highest BCUT2D eigenvalue weighted by Crippen LogP contribution is 2.30. The van der Waals surface area contributed by atoms with E-state index in [1.54, 1.807) is 11.2 Å². The fourth-order valence-corrected chi connectivity index (χ4v) is 4.42. The van der Waals surface area contributed by atoms with E-state index in [4.69, 9.17) is 13.9 Å². The number of hydrogen-bond acceptors (Lipinski definition) is 5. The Morgan fingerprint density at radius 1 is 1.00 bits per heavy atom. The van der Waals surface area contributed by atoms with Crippen LogP contribution in [0.15, 0.2) is 16.7 Å². The molecule has 2 aliphatic rings. The molecule has 0 saturated carbocycles. The van der Waals surface area contributed by atoms with Crippen molar-refractivity contribution < 1.29 is 23.5 Å². The Morgan fingerprint density at radius 3 is 2.47 bits per heavy atom. The summed E-state index contributed by atoms with van der Waals surface area (Å²) in [5.74, 6) is -0.281. The van der Waals surface area contributed by atoms with E-state index < -0.39 is 0 Å². The molecule has 2 fully saturated rings. The molecule has 0 radical (unpaired) electrons. The van der Waals surface area contributed by atoms with Crippen molar-refractivity contribution in [1.29, 1.82) is 0 Å². The summed E-state index contributed by atoms with van der Waals surface area (Å²) < 4.78 is 16.8. The molecule has 0 bridgehead atoms. The molecule has 2 saturated heterocycles. The minimum atomic E-state index is -0.331. The van der Waals surface area contributed by atoms with Gasteiger partial charge in [-0.1, -0.05) is 6.07 Å². The molecule has 2 aliphatic heterocycles. The maximum Gasteiger partial charge on any atom is 0.229 e. The fourth-order valence-electron chi connectivity index (χ4n) is 4.42. The monoisotopic (exact) mass is 414 g/mol. The van der Waals surface area contributed by atoms with Crippen molar-refractivity contribution in [2.24, 2.45) is 5.92 Å². The van der Waals surface area contributed by atoms with Gasteiger partial charge in [0.05, 0.1) is 45.0 Å². The van der Waals surface area contributed by atoms with Crippen molar-refractivity contribution in [2.75, 3.05) is 52.6 Å². The molecule has 1 atom stereocenters. The second kappa shape index (κ2) is 8.78. The summed E-state index contributed by atoms with van der Waals surface area (Å²) >= 11 is 0. The minimum absolute atomic E-state index is 0.000561. The summed E-state index contributed by atoms with van der Waals surface area (Å²) in [7, 11) is 0. The number of ether oxygens (including phenoxy) is 2. The first-order valence-electron chi connectivity index (χ1n) is 10.6. The van der Waals surface area contributed by atoms with Crippen LogP contribution < -0.4 is 0 Å². The van der Waals surface area contributed by atoms with Crippen molar-refractivity contribution in [3.05, 3.63) is 34.6 Å². The van der Waals surface area contributed by atoms with E-state index in [9.17, 15) is 9.59 Å². The van der Waals surface area contributed by atoms with Crippen LogP contribution >= 0.6 is 0 Å². The van der Waals surface area contributed by atoms with Crippen LogP contribution in [0.3, 0.4) is 0 Å². The van der Waals surface area contributed by atoms with E-state index >= 15 is 0 Å². The maximum absolute atomic E-state index is 13.2. The lowest BCUT2D eigenvalue weighted by Gasteiger charge is -2.31. The molecule has 1 aromatic carbocycles. The van der Waals surface area contributed by atoms with Gasteiger partial charge in [0, 0.05) is 37.1 Å². The predicted octanol–water partition coefficient (Wildman–Crippen LogP) is 2.23. The smallest absolute Gasteiger partial charge is 0.229 e. The van der Waals surface area contributed by atoms with Gasteiger partial charge in [-0.2, -0.15) is 0 Å². The zero-order valence-electron chi connectivity index (χ0n) is 18.0. The van der Waals surface area contributed by atoms with E-state index in [0.29, 0.717) is 52.6 Å². The predicted molar refractivity (Wildman–Crippen MR) is 112 cm³/mol. The Hall–Kier alpha value is -2.38. The van der Waals surface area contributed by atoms with E-state index in [1.165, 1.54) is 5.56 Å². The highest BCUT2D eigenvalue weighted by molar-refractivity contribution is 5.92. The number of benzene rings is 1. The molecular formula is C23H30N2O5. The number of furan rings is 1. The third kappa shape index (κ3) is 4.09. The normalized spacial score (nSPS) is 20.4. The zero-order chi connectivity index (χ0) is 21.3. The van der Waals surface area contributed by atoms with E-state index in [0.717, 1.165) is 27.7 Å². The highest BCUT2D eigenvalue weighted by atomic mass is 16.5. The summed E-state index contributed by atoms with van der Waals surface area (Å²) in [4.78, 5) is 29.7. The largest absolute Gasteiger partial charge is 0.464 e. The topological polar surface area (TPSA) is 72.2 Å². The standard InChI is InChI=1S/C23H30N2O5/c1-15-10-16(2)21-18(14-30-22(21)17(15)3)11-20(26)25-6-9-29-13-19(12-25)23(27)24-4-7-28-8-5-24/h10,14,19H,4-9,11-13H2,1-3H3. The van der Waals surface area contributed by atoms with Crippen LogP contribution in [0.1, 0.15) is 22.3 Å². The molecule has 2 aromatic rings. The first-order valence-corrected chi connectivity index (χ1v) is 10.6. The second-order valence-corrected chi connectivity index (χ2v) is 8.33. The van der Waals surface area contributed by atoms with Crippen LogP contribution in [0.25, 0.3) is 11.0 Å². The number of hydrogen-bond donors (Lipinski definition) is 0. The van der Waals surface area contributed by atoms with Crippen LogP contribution in [0.5, 0.6) is 0 Å². The van der Waals surface area contributed by atoms with Crippen LogP contribution in [-0.4, -0.2) is 74.2 Å². The van der Waals surface area contributed by atoms with Crippen molar-refractivity contribution in [3.8, 4) is 0 Å². The van der Waals surface area contributed by atoms with Gasteiger partial charge in [0.1, 0.15) is 5.58 Å². The molecule has 0 aliphatic carbocycles. The molecule has 0 N–H and O–H groups in total. The first kappa shape index (κ1) is 20.9. The third-order valence-electron chi connectivity index (χ3n) is 6.26. The molecule has 30 heavy (non-hydrogen) atoms. The van der Waals surface area contributed by atoms with Crippen LogP contribution in [-0.2, 0) is 25.5 Å². The molecule has 4 rings (SSSR count). The average molecular weight is 415 g/mol. The zero-order valence-corrected chi connectivity index (χ0v) is 18.0. The number of morpholine rings is 1. The number of aryl methyl sites for hydroxylation is 3. The van der Waals surface area contributed by atoms with Gasteiger partial charge in [-0.05, 0) is 37.5 Å². The van der Waals surface area contributed by atoms with Gasteiger partial charge in [0.25, 0.3) is 0 Å². The molecule has 0 spiro atoms. The summed E-state index contributed by atoms with van der Waals surface area (Å²) in [6, 6.07) is 2.14. The lowest BCUT2D eigenvalue weighted by molar-refractivity contribution is -0.142. The van der Waals surface area contributed by atoms with Crippen LogP contribution in [0.4, 0.5) is 0 Å². The maximum atomic E-state index is 13.2. The van der Waals surface area contributed by atoms with Crippen molar-refractivity contribution >= 4 is 22.8 Å². The van der Waals surface area contributed by atoms with Gasteiger partial charge in [0.2, 0.25) is 11.8 Å². The van der Waals surface area contributed by atoms with Gasteiger partial charge < -0.3 is 23.7 Å². The summed E-state index contributed by atoms with van der Waals surface area (Å²) in [5.41, 5.74) is 5.16. The van der Waals surface area contributed by atoms with E-state index in [2.05, 4.69) is 19.9 Å². The van der Waals surface area contributed by atoms with Gasteiger partial charge in [-0.25, -0.2) is 0 Å². The van der Waals surface area contributed by atoms with Crippen molar-refractivity contribution in [2.45, 2.75) is 27.2 Å². The second-order valence-electron chi connectivity index (χ2n) is 8.33. The van der Waals surface area contributed by atoms with Crippen molar-refractivity contribution in [1.82, 2.24) is 9.80 Å². The Balaban J connectivity index is 1.49. The van der Waals surface area contributed by atoms with E-state index in [1.807, 2.05) is 11.8 Å². The summed E-state index contributed by atoms with van der Waals surface area (Å²) in [5, 5.41) is 1.03. The molecule has 1 aromatic heterocycles. The number of carbonyl (C=O) groups excluding carboxylic acids is 2. The lowest BCUT2D eigenvalue weighted by Crippen LogP contribution is -2.47. The fraction of sp³-hybridized carbons (Fsp3) is 0.565. The van der Waals surface area contributed by atoms with Crippen molar-refractivity contribution in [3.63, 3.8) is 0 Å². The number of fused-ring (bicyclic) bond motifs is 1. The average Bonchev–Trinajstić information content (AvgIpc) is 3.01. The molecule has 7 nitrogen and oxygen atoms in total. The van der Waals surface area contributed by atoms with Crippen LogP contribution in [0, 0.1) is 26.7 Å². The SMILES string of the molecule is Cc1cc(C)c2c(CC(=O)N3CCOCC(C(=O)N4CCOCC4)C3)coc2c1C. The van der Waals surface area contributed by atoms with Crippen LogP contribution in [0.2, 0.25) is 0 Å².